The Labute approximate surface area is 119 Å². The van der Waals surface area contributed by atoms with Crippen molar-refractivity contribution in [2.24, 2.45) is 0 Å². The van der Waals surface area contributed by atoms with Crippen LogP contribution in [0, 0.1) is 18.3 Å². The number of rotatable bonds is 4. The lowest BCUT2D eigenvalue weighted by atomic mass is 9.84. The normalized spacial score (nSPS) is 18.6. The molecule has 0 aromatic carbocycles. The zero-order valence-corrected chi connectivity index (χ0v) is 12.7. The summed E-state index contributed by atoms with van der Waals surface area (Å²) in [6.07, 6.45) is 5.45. The first-order valence-electron chi connectivity index (χ1n) is 6.91. The average molecular weight is 296 g/mol. The van der Waals surface area contributed by atoms with Gasteiger partial charge in [-0.1, -0.05) is 19.3 Å². The third kappa shape index (κ3) is 2.86. The van der Waals surface area contributed by atoms with Crippen molar-refractivity contribution in [2.45, 2.75) is 63.1 Å². The molecule has 0 spiro atoms. The molecule has 1 fully saturated rings. The van der Waals surface area contributed by atoms with Gasteiger partial charge in [0, 0.05) is 12.7 Å². The van der Waals surface area contributed by atoms with Crippen molar-refractivity contribution in [2.75, 3.05) is 0 Å². The van der Waals surface area contributed by atoms with Crippen LogP contribution in [0.15, 0.2) is 11.2 Å². The lowest BCUT2D eigenvalue weighted by Gasteiger charge is -2.30. The largest absolute Gasteiger partial charge is 0.334 e. The molecule has 1 saturated carbocycles. The summed E-state index contributed by atoms with van der Waals surface area (Å²) in [4.78, 5) is 4.09. The second-order valence-corrected chi connectivity index (χ2v) is 6.90. The molecule has 0 amide bonds. The third-order valence-corrected chi connectivity index (χ3v) is 5.23. The van der Waals surface area contributed by atoms with E-state index in [4.69, 9.17) is 0 Å². The molecule has 110 valence electrons. The molecule has 0 radical (unpaired) electrons. The van der Waals surface area contributed by atoms with Crippen LogP contribution in [0.25, 0.3) is 0 Å². The van der Waals surface area contributed by atoms with E-state index in [1.165, 1.54) is 6.20 Å². The van der Waals surface area contributed by atoms with E-state index in [-0.39, 0.29) is 5.03 Å². The molecular formula is C13H20N4O2S. The molecule has 20 heavy (non-hydrogen) atoms. The van der Waals surface area contributed by atoms with Gasteiger partial charge in [0.15, 0.2) is 5.03 Å². The minimum atomic E-state index is -3.75. The number of nitrogens with one attached hydrogen (secondary N) is 1. The quantitative estimate of drug-likeness (QED) is 0.916. The van der Waals surface area contributed by atoms with Gasteiger partial charge in [-0.25, -0.2) is 13.4 Å². The van der Waals surface area contributed by atoms with Gasteiger partial charge >= 0.3 is 0 Å². The van der Waals surface area contributed by atoms with Crippen LogP contribution in [0.3, 0.4) is 0 Å². The maximum atomic E-state index is 12.4. The molecule has 1 heterocycles. The zero-order valence-electron chi connectivity index (χ0n) is 11.9. The van der Waals surface area contributed by atoms with Crippen molar-refractivity contribution in [1.29, 1.82) is 5.26 Å². The Balaban J connectivity index is 2.28. The first-order chi connectivity index (χ1) is 9.42. The Kier molecular flexibility index (Phi) is 4.16. The average Bonchev–Trinajstić information content (AvgIpc) is 2.81. The summed E-state index contributed by atoms with van der Waals surface area (Å²) < 4.78 is 29.2. The topological polar surface area (TPSA) is 87.8 Å². The molecule has 1 aromatic rings. The minimum absolute atomic E-state index is 0.00273. The molecule has 0 unspecified atom stereocenters. The zero-order chi connectivity index (χ0) is 14.8. The fourth-order valence-corrected chi connectivity index (χ4v) is 4.02. The van der Waals surface area contributed by atoms with Crippen LogP contribution in [0.5, 0.6) is 0 Å². The van der Waals surface area contributed by atoms with Crippen molar-refractivity contribution in [3.63, 3.8) is 0 Å². The Morgan fingerprint density at radius 3 is 2.60 bits per heavy atom. The highest BCUT2D eigenvalue weighted by atomic mass is 32.2. The van der Waals surface area contributed by atoms with E-state index in [0.717, 1.165) is 19.3 Å². The summed E-state index contributed by atoms with van der Waals surface area (Å²) in [5.41, 5.74) is -0.971. The highest BCUT2D eigenvalue weighted by Gasteiger charge is 2.37. The predicted molar refractivity (Wildman–Crippen MR) is 74.4 cm³/mol. The minimum Gasteiger partial charge on any atom is -0.334 e. The molecule has 0 aliphatic heterocycles. The van der Waals surface area contributed by atoms with Gasteiger partial charge in [-0.2, -0.15) is 9.98 Å². The van der Waals surface area contributed by atoms with E-state index in [1.807, 2.05) is 6.92 Å². The van der Waals surface area contributed by atoms with Crippen LogP contribution in [-0.2, 0) is 16.6 Å². The van der Waals surface area contributed by atoms with Gasteiger partial charge < -0.3 is 4.57 Å². The highest BCUT2D eigenvalue weighted by Crippen LogP contribution is 2.29. The monoisotopic (exact) mass is 296 g/mol. The van der Waals surface area contributed by atoms with Crippen LogP contribution < -0.4 is 4.72 Å². The van der Waals surface area contributed by atoms with E-state index < -0.39 is 15.6 Å². The molecular weight excluding hydrogens is 276 g/mol. The smallest absolute Gasteiger partial charge is 0.260 e. The van der Waals surface area contributed by atoms with E-state index in [0.29, 0.717) is 25.2 Å². The number of hydrogen-bond acceptors (Lipinski definition) is 4. The van der Waals surface area contributed by atoms with Crippen molar-refractivity contribution in [3.8, 4) is 6.07 Å². The second-order valence-electron chi connectivity index (χ2n) is 5.27. The standard InChI is InChI=1S/C13H20N4O2S/c1-3-17-9-12(15-11(17)2)20(18,19)16-13(10-14)7-5-4-6-8-13/h9,16H,3-8H2,1-2H3. The Hall–Kier alpha value is -1.39. The van der Waals surface area contributed by atoms with Gasteiger partial charge in [0.25, 0.3) is 10.0 Å². The number of hydrogen-bond donors (Lipinski definition) is 1. The third-order valence-electron chi connectivity index (χ3n) is 3.82. The van der Waals surface area contributed by atoms with Gasteiger partial charge in [0.2, 0.25) is 0 Å². The summed E-state index contributed by atoms with van der Waals surface area (Å²) in [6, 6.07) is 2.15. The first-order valence-corrected chi connectivity index (χ1v) is 8.40. The Morgan fingerprint density at radius 2 is 2.10 bits per heavy atom. The van der Waals surface area contributed by atoms with Gasteiger partial charge in [0.05, 0.1) is 6.07 Å². The highest BCUT2D eigenvalue weighted by molar-refractivity contribution is 7.89. The van der Waals surface area contributed by atoms with Gasteiger partial charge in [0.1, 0.15) is 11.4 Å². The fraction of sp³-hybridized carbons (Fsp3) is 0.692. The number of aryl methyl sites for hydroxylation is 2. The molecule has 1 aliphatic rings. The van der Waals surface area contributed by atoms with Crippen LogP contribution >= 0.6 is 0 Å². The SMILES string of the molecule is CCn1cc(S(=O)(=O)NC2(C#N)CCCCC2)nc1C. The number of nitriles is 1. The molecule has 0 saturated heterocycles. The summed E-state index contributed by atoms with van der Waals surface area (Å²) in [5.74, 6) is 0.655. The van der Waals surface area contributed by atoms with Crippen molar-refractivity contribution in [3.05, 3.63) is 12.0 Å². The van der Waals surface area contributed by atoms with Gasteiger partial charge in [-0.05, 0) is 26.7 Å². The Morgan fingerprint density at radius 1 is 1.45 bits per heavy atom. The molecule has 0 atom stereocenters. The number of nitrogens with zero attached hydrogens (tertiary/aromatic N) is 3. The summed E-state index contributed by atoms with van der Waals surface area (Å²) in [7, 11) is -3.75. The lowest BCUT2D eigenvalue weighted by Crippen LogP contribution is -2.48. The van der Waals surface area contributed by atoms with Crippen LogP contribution in [0.2, 0.25) is 0 Å². The van der Waals surface area contributed by atoms with E-state index in [9.17, 15) is 13.7 Å². The summed E-state index contributed by atoms with van der Waals surface area (Å²) in [6.45, 7) is 4.36. The number of aromatic nitrogens is 2. The molecule has 0 bridgehead atoms. The molecule has 1 aliphatic carbocycles. The predicted octanol–water partition coefficient (Wildman–Crippen LogP) is 1.72. The number of imidazole rings is 1. The van der Waals surface area contributed by atoms with Crippen LogP contribution in [-0.4, -0.2) is 23.5 Å². The Bertz CT molecular complexity index is 621. The maximum absolute atomic E-state index is 12.4. The summed E-state index contributed by atoms with van der Waals surface area (Å²) >= 11 is 0. The second kappa shape index (κ2) is 5.54. The van der Waals surface area contributed by atoms with Crippen LogP contribution in [0.1, 0.15) is 44.9 Å². The summed E-state index contributed by atoms with van der Waals surface area (Å²) in [5, 5.41) is 9.35. The van der Waals surface area contributed by atoms with Gasteiger partial charge in [-0.3, -0.25) is 0 Å². The molecule has 6 nitrogen and oxygen atoms in total. The molecule has 1 aromatic heterocycles. The van der Waals surface area contributed by atoms with Crippen molar-refractivity contribution >= 4 is 10.0 Å². The molecule has 7 heteroatoms. The van der Waals surface area contributed by atoms with E-state index >= 15 is 0 Å². The van der Waals surface area contributed by atoms with Crippen molar-refractivity contribution < 1.29 is 8.42 Å². The van der Waals surface area contributed by atoms with E-state index in [2.05, 4.69) is 15.8 Å². The first kappa shape index (κ1) is 15.0. The van der Waals surface area contributed by atoms with Crippen LogP contribution in [0.4, 0.5) is 0 Å². The lowest BCUT2D eigenvalue weighted by molar-refractivity contribution is 0.337. The molecule has 2 rings (SSSR count). The fourth-order valence-electron chi connectivity index (χ4n) is 2.63. The maximum Gasteiger partial charge on any atom is 0.260 e. The van der Waals surface area contributed by atoms with E-state index in [1.54, 1.807) is 11.5 Å². The van der Waals surface area contributed by atoms with Crippen molar-refractivity contribution in [1.82, 2.24) is 14.3 Å². The number of sulfonamides is 1. The van der Waals surface area contributed by atoms with Gasteiger partial charge in [-0.15, -0.1) is 0 Å². The molecule has 1 N–H and O–H groups in total.